The van der Waals surface area contributed by atoms with Gasteiger partial charge in [0.2, 0.25) is 11.8 Å². The molecular formula is C14H20ClN5O2. The van der Waals surface area contributed by atoms with Crippen molar-refractivity contribution in [2.45, 2.75) is 18.9 Å². The first-order chi connectivity index (χ1) is 10.2. The summed E-state index contributed by atoms with van der Waals surface area (Å²) in [4.78, 5) is 29.6. The summed E-state index contributed by atoms with van der Waals surface area (Å²) in [5.41, 5.74) is 0.680. The number of carbonyl (C=O) groups excluding carboxylic acids is 2. The molecule has 2 aliphatic heterocycles. The highest BCUT2D eigenvalue weighted by Gasteiger charge is 2.22. The van der Waals surface area contributed by atoms with E-state index in [1.165, 1.54) is 0 Å². The normalized spacial score (nSPS) is 21.0. The zero-order valence-electron chi connectivity index (χ0n) is 12.2. The zero-order valence-corrected chi connectivity index (χ0v) is 13.0. The van der Waals surface area contributed by atoms with E-state index in [9.17, 15) is 9.59 Å². The van der Waals surface area contributed by atoms with Gasteiger partial charge in [-0.1, -0.05) is 0 Å². The maximum absolute atomic E-state index is 12.0. The van der Waals surface area contributed by atoms with Gasteiger partial charge in [0.05, 0.1) is 24.5 Å². The molecule has 2 aliphatic rings. The third-order valence-corrected chi connectivity index (χ3v) is 3.75. The maximum atomic E-state index is 12.0. The van der Waals surface area contributed by atoms with E-state index in [-0.39, 0.29) is 30.3 Å². The van der Waals surface area contributed by atoms with Crippen molar-refractivity contribution in [2.24, 2.45) is 0 Å². The molecule has 120 valence electrons. The van der Waals surface area contributed by atoms with Crippen molar-refractivity contribution in [1.82, 2.24) is 15.6 Å². The van der Waals surface area contributed by atoms with Gasteiger partial charge < -0.3 is 20.9 Å². The molecule has 22 heavy (non-hydrogen) atoms. The van der Waals surface area contributed by atoms with Crippen molar-refractivity contribution in [2.75, 3.05) is 36.4 Å². The number of nitrogens with zero attached hydrogens (tertiary/aromatic N) is 2. The molecule has 7 nitrogen and oxygen atoms in total. The fraction of sp³-hybridized carbons (Fsp3) is 0.500. The van der Waals surface area contributed by atoms with Gasteiger partial charge in [0.1, 0.15) is 5.82 Å². The van der Waals surface area contributed by atoms with Gasteiger partial charge in [-0.3, -0.25) is 9.59 Å². The lowest BCUT2D eigenvalue weighted by Gasteiger charge is -2.27. The standard InChI is InChI=1S/C14H19N5O2.ClH/c20-13-9-19(7-6-16-13)12-4-3-10(8-17-12)18-14(21)11-2-1-5-15-11;/h3-4,8,11,15H,1-2,5-7,9H2,(H,16,20)(H,18,21);1H. The second-order valence-corrected chi connectivity index (χ2v) is 5.31. The molecule has 0 spiro atoms. The molecule has 1 aromatic heterocycles. The molecule has 3 rings (SSSR count). The number of carbonyl (C=O) groups is 2. The van der Waals surface area contributed by atoms with Gasteiger partial charge in [0, 0.05) is 13.1 Å². The molecular weight excluding hydrogens is 306 g/mol. The highest BCUT2D eigenvalue weighted by molar-refractivity contribution is 5.95. The van der Waals surface area contributed by atoms with E-state index in [0.717, 1.165) is 31.7 Å². The third-order valence-electron chi connectivity index (χ3n) is 3.75. The lowest BCUT2D eigenvalue weighted by Crippen LogP contribution is -2.48. The number of rotatable bonds is 3. The molecule has 2 amide bonds. The number of anilines is 2. The molecule has 0 saturated carbocycles. The first-order valence-electron chi connectivity index (χ1n) is 7.24. The largest absolute Gasteiger partial charge is 0.353 e. The number of pyridine rings is 1. The number of hydrogen-bond acceptors (Lipinski definition) is 5. The van der Waals surface area contributed by atoms with Crippen molar-refractivity contribution in [3.8, 4) is 0 Å². The Bertz CT molecular complexity index is 531. The van der Waals surface area contributed by atoms with Crippen molar-refractivity contribution < 1.29 is 9.59 Å². The summed E-state index contributed by atoms with van der Waals surface area (Å²) in [5, 5.41) is 8.80. The lowest BCUT2D eigenvalue weighted by atomic mass is 10.2. The van der Waals surface area contributed by atoms with Crippen LogP contribution in [-0.4, -0.2) is 49.0 Å². The average molecular weight is 326 g/mol. The quantitative estimate of drug-likeness (QED) is 0.735. The van der Waals surface area contributed by atoms with Gasteiger partial charge in [0.25, 0.3) is 0 Å². The summed E-state index contributed by atoms with van der Waals surface area (Å²) in [6.07, 6.45) is 3.54. The van der Waals surface area contributed by atoms with Crippen LogP contribution in [0.25, 0.3) is 0 Å². The molecule has 0 bridgehead atoms. The van der Waals surface area contributed by atoms with Gasteiger partial charge in [-0.15, -0.1) is 12.4 Å². The van der Waals surface area contributed by atoms with E-state index in [0.29, 0.717) is 18.8 Å². The SMILES string of the molecule is Cl.O=C1CN(c2ccc(NC(=O)C3CCCN3)cn2)CCN1. The summed E-state index contributed by atoms with van der Waals surface area (Å²) >= 11 is 0. The molecule has 0 aliphatic carbocycles. The number of piperazine rings is 1. The van der Waals surface area contributed by atoms with Crippen LogP contribution in [0.4, 0.5) is 11.5 Å². The Hall–Kier alpha value is -1.86. The first-order valence-corrected chi connectivity index (χ1v) is 7.24. The second-order valence-electron chi connectivity index (χ2n) is 5.31. The number of amides is 2. The van der Waals surface area contributed by atoms with E-state index in [1.807, 2.05) is 17.0 Å². The number of nitrogens with one attached hydrogen (secondary N) is 3. The van der Waals surface area contributed by atoms with Gasteiger partial charge in [0.15, 0.2) is 0 Å². The molecule has 3 N–H and O–H groups in total. The monoisotopic (exact) mass is 325 g/mol. The van der Waals surface area contributed by atoms with Gasteiger partial charge in [-0.05, 0) is 31.5 Å². The van der Waals surface area contributed by atoms with Crippen molar-refractivity contribution in [3.63, 3.8) is 0 Å². The second kappa shape index (κ2) is 7.42. The van der Waals surface area contributed by atoms with Crippen LogP contribution >= 0.6 is 12.4 Å². The van der Waals surface area contributed by atoms with E-state index in [1.54, 1.807) is 6.20 Å². The molecule has 8 heteroatoms. The summed E-state index contributed by atoms with van der Waals surface area (Å²) < 4.78 is 0. The summed E-state index contributed by atoms with van der Waals surface area (Å²) in [5.74, 6) is 0.744. The Morgan fingerprint density at radius 3 is 2.86 bits per heavy atom. The average Bonchev–Trinajstić information content (AvgIpc) is 3.02. The Kier molecular flexibility index (Phi) is 5.57. The van der Waals surface area contributed by atoms with E-state index in [2.05, 4.69) is 20.9 Å². The van der Waals surface area contributed by atoms with Gasteiger partial charge in [-0.2, -0.15) is 0 Å². The highest BCUT2D eigenvalue weighted by Crippen LogP contribution is 2.16. The smallest absolute Gasteiger partial charge is 0.241 e. The van der Waals surface area contributed by atoms with Crippen molar-refractivity contribution in [3.05, 3.63) is 18.3 Å². The summed E-state index contributed by atoms with van der Waals surface area (Å²) in [6, 6.07) is 3.55. The van der Waals surface area contributed by atoms with Crippen LogP contribution in [0, 0.1) is 0 Å². The van der Waals surface area contributed by atoms with Crippen LogP contribution in [-0.2, 0) is 9.59 Å². The van der Waals surface area contributed by atoms with E-state index in [4.69, 9.17) is 0 Å². The summed E-state index contributed by atoms with van der Waals surface area (Å²) in [6.45, 7) is 2.60. The van der Waals surface area contributed by atoms with Crippen LogP contribution in [0.2, 0.25) is 0 Å². The predicted octanol–water partition coefficient (Wildman–Crippen LogP) is 0.130. The van der Waals surface area contributed by atoms with Gasteiger partial charge >= 0.3 is 0 Å². The maximum Gasteiger partial charge on any atom is 0.241 e. The van der Waals surface area contributed by atoms with Crippen LogP contribution in [0.3, 0.4) is 0 Å². The number of aromatic nitrogens is 1. The molecule has 0 aromatic carbocycles. The van der Waals surface area contributed by atoms with E-state index < -0.39 is 0 Å². The number of halogens is 1. The molecule has 3 heterocycles. The Morgan fingerprint density at radius 1 is 1.36 bits per heavy atom. The molecule has 1 aromatic rings. The van der Waals surface area contributed by atoms with Crippen LogP contribution in [0.5, 0.6) is 0 Å². The minimum atomic E-state index is -0.101. The fourth-order valence-electron chi connectivity index (χ4n) is 2.62. The van der Waals surface area contributed by atoms with Gasteiger partial charge in [-0.25, -0.2) is 4.98 Å². The molecule has 1 atom stereocenters. The van der Waals surface area contributed by atoms with Crippen LogP contribution < -0.4 is 20.9 Å². The third kappa shape index (κ3) is 3.86. The minimum Gasteiger partial charge on any atom is -0.353 e. The highest BCUT2D eigenvalue weighted by atomic mass is 35.5. The van der Waals surface area contributed by atoms with E-state index >= 15 is 0 Å². The van der Waals surface area contributed by atoms with Crippen LogP contribution in [0.15, 0.2) is 18.3 Å². The first kappa shape index (κ1) is 16.5. The molecule has 0 radical (unpaired) electrons. The predicted molar refractivity (Wildman–Crippen MR) is 86.4 cm³/mol. The fourth-order valence-corrected chi connectivity index (χ4v) is 2.62. The lowest BCUT2D eigenvalue weighted by molar-refractivity contribution is -0.120. The zero-order chi connectivity index (χ0) is 14.7. The molecule has 1 unspecified atom stereocenters. The van der Waals surface area contributed by atoms with Crippen LogP contribution in [0.1, 0.15) is 12.8 Å². The Balaban J connectivity index is 0.00000176. The topological polar surface area (TPSA) is 86.4 Å². The molecule has 2 fully saturated rings. The summed E-state index contributed by atoms with van der Waals surface area (Å²) in [7, 11) is 0. The Labute approximate surface area is 135 Å². The number of hydrogen-bond donors (Lipinski definition) is 3. The van der Waals surface area contributed by atoms with Crippen molar-refractivity contribution >= 4 is 35.7 Å². The minimum absolute atomic E-state index is 0. The van der Waals surface area contributed by atoms with Crippen molar-refractivity contribution in [1.29, 1.82) is 0 Å². The molecule has 2 saturated heterocycles. The Morgan fingerprint density at radius 2 is 2.23 bits per heavy atom.